The maximum atomic E-state index is 13.0. The lowest BCUT2D eigenvalue weighted by Crippen LogP contribution is -2.21. The van der Waals surface area contributed by atoms with E-state index in [9.17, 15) is 13.2 Å². The molecule has 0 spiro atoms. The Bertz CT molecular complexity index is 498. The molecule has 0 amide bonds. The predicted molar refractivity (Wildman–Crippen MR) is 73.3 cm³/mol. The number of fused-ring (bicyclic) bond motifs is 2. The van der Waals surface area contributed by atoms with Crippen LogP contribution in [-0.4, -0.2) is 6.54 Å². The summed E-state index contributed by atoms with van der Waals surface area (Å²) in [6, 6.07) is 3.95. The van der Waals surface area contributed by atoms with E-state index < -0.39 is 11.7 Å². The highest BCUT2D eigenvalue weighted by atomic mass is 19.4. The van der Waals surface area contributed by atoms with Gasteiger partial charge in [0.25, 0.3) is 0 Å². The van der Waals surface area contributed by atoms with Crippen molar-refractivity contribution in [2.24, 2.45) is 17.8 Å². The van der Waals surface area contributed by atoms with E-state index in [-0.39, 0.29) is 11.4 Å². The molecule has 0 saturated heterocycles. The Morgan fingerprint density at radius 2 is 2.00 bits per heavy atom. The van der Waals surface area contributed by atoms with Gasteiger partial charge in [-0.2, -0.15) is 13.2 Å². The van der Waals surface area contributed by atoms with Crippen molar-refractivity contribution in [2.75, 3.05) is 17.6 Å². The first-order valence-electron chi connectivity index (χ1n) is 7.14. The molecule has 3 N–H and O–H groups in total. The van der Waals surface area contributed by atoms with E-state index in [1.54, 1.807) is 0 Å². The zero-order valence-electron chi connectivity index (χ0n) is 11.2. The third kappa shape index (κ3) is 2.58. The van der Waals surface area contributed by atoms with Crippen LogP contribution in [0.4, 0.5) is 24.5 Å². The van der Waals surface area contributed by atoms with Crippen LogP contribution in [0.5, 0.6) is 0 Å². The minimum Gasteiger partial charge on any atom is -0.399 e. The van der Waals surface area contributed by atoms with E-state index in [1.165, 1.54) is 31.4 Å². The molecule has 2 aliphatic rings. The van der Waals surface area contributed by atoms with Gasteiger partial charge in [0.1, 0.15) is 0 Å². The molecule has 110 valence electrons. The SMILES string of the molecule is Nc1ccc(NCC2CC3CCC2C3)c(C(F)(F)F)c1. The van der Waals surface area contributed by atoms with E-state index in [0.29, 0.717) is 18.4 Å². The predicted octanol–water partition coefficient (Wildman–Crippen LogP) is 4.14. The summed E-state index contributed by atoms with van der Waals surface area (Å²) in [6.07, 6.45) is 0.600. The molecule has 0 radical (unpaired) electrons. The molecule has 2 aliphatic carbocycles. The summed E-state index contributed by atoms with van der Waals surface area (Å²) in [5.41, 5.74) is 5.09. The van der Waals surface area contributed by atoms with Crippen molar-refractivity contribution in [2.45, 2.75) is 31.9 Å². The summed E-state index contributed by atoms with van der Waals surface area (Å²) in [6.45, 7) is 0.633. The Labute approximate surface area is 116 Å². The molecule has 3 unspecified atom stereocenters. The van der Waals surface area contributed by atoms with Crippen molar-refractivity contribution >= 4 is 11.4 Å². The number of nitrogens with two attached hydrogens (primary N) is 1. The van der Waals surface area contributed by atoms with Crippen LogP contribution in [0.2, 0.25) is 0 Å². The zero-order valence-corrected chi connectivity index (χ0v) is 11.2. The number of nitrogens with one attached hydrogen (secondary N) is 1. The number of rotatable bonds is 3. The van der Waals surface area contributed by atoms with Crippen molar-refractivity contribution < 1.29 is 13.2 Å². The van der Waals surface area contributed by atoms with Gasteiger partial charge >= 0.3 is 6.18 Å². The van der Waals surface area contributed by atoms with E-state index in [1.807, 2.05) is 0 Å². The monoisotopic (exact) mass is 284 g/mol. The first kappa shape index (κ1) is 13.6. The number of alkyl halides is 3. The molecule has 20 heavy (non-hydrogen) atoms. The summed E-state index contributed by atoms with van der Waals surface area (Å²) in [7, 11) is 0. The fraction of sp³-hybridized carbons (Fsp3) is 0.600. The van der Waals surface area contributed by atoms with E-state index in [2.05, 4.69) is 5.32 Å². The molecule has 2 saturated carbocycles. The summed E-state index contributed by atoms with van der Waals surface area (Å²) in [5, 5.41) is 3.00. The second-order valence-electron chi connectivity index (χ2n) is 6.12. The Kier molecular flexibility index (Phi) is 3.30. The standard InChI is InChI=1S/C15H19F3N2/c16-15(17,18)13-7-12(19)3-4-14(13)20-8-11-6-9-1-2-10(11)5-9/h3-4,7,9-11,20H,1-2,5-6,8,19H2. The molecule has 1 aromatic rings. The second kappa shape index (κ2) is 4.86. The van der Waals surface area contributed by atoms with Gasteiger partial charge in [-0.15, -0.1) is 0 Å². The van der Waals surface area contributed by atoms with Gasteiger partial charge in [-0.25, -0.2) is 0 Å². The lowest BCUT2D eigenvalue weighted by atomic mass is 9.89. The molecule has 1 aromatic carbocycles. The lowest BCUT2D eigenvalue weighted by Gasteiger charge is -2.23. The minimum absolute atomic E-state index is 0.141. The van der Waals surface area contributed by atoms with Crippen molar-refractivity contribution in [3.63, 3.8) is 0 Å². The molecule has 2 nitrogen and oxygen atoms in total. The topological polar surface area (TPSA) is 38.0 Å². The molecule has 0 aliphatic heterocycles. The molecule has 0 heterocycles. The number of hydrogen-bond donors (Lipinski definition) is 2. The fourth-order valence-corrected chi connectivity index (χ4v) is 3.82. The van der Waals surface area contributed by atoms with Crippen molar-refractivity contribution in [1.82, 2.24) is 0 Å². The first-order chi connectivity index (χ1) is 9.43. The van der Waals surface area contributed by atoms with Crippen molar-refractivity contribution in [1.29, 1.82) is 0 Å². The van der Waals surface area contributed by atoms with Crippen molar-refractivity contribution in [3.05, 3.63) is 23.8 Å². The maximum absolute atomic E-state index is 13.0. The van der Waals surface area contributed by atoms with Crippen LogP contribution < -0.4 is 11.1 Å². The lowest BCUT2D eigenvalue weighted by molar-refractivity contribution is -0.136. The largest absolute Gasteiger partial charge is 0.418 e. The Hall–Kier alpha value is -1.39. The van der Waals surface area contributed by atoms with Crippen LogP contribution in [0, 0.1) is 17.8 Å². The third-order valence-corrected chi connectivity index (χ3v) is 4.79. The number of benzene rings is 1. The van der Waals surface area contributed by atoms with Crippen LogP contribution in [0.25, 0.3) is 0 Å². The first-order valence-corrected chi connectivity index (χ1v) is 7.14. The van der Waals surface area contributed by atoms with Crippen LogP contribution in [0.1, 0.15) is 31.2 Å². The normalized spacial score (nSPS) is 28.9. The van der Waals surface area contributed by atoms with Crippen LogP contribution >= 0.6 is 0 Å². The van der Waals surface area contributed by atoms with Crippen molar-refractivity contribution in [3.8, 4) is 0 Å². The highest BCUT2D eigenvalue weighted by molar-refractivity contribution is 5.59. The number of nitrogen functional groups attached to an aromatic ring is 1. The average Bonchev–Trinajstić information content (AvgIpc) is 2.98. The Morgan fingerprint density at radius 1 is 1.20 bits per heavy atom. The molecule has 3 rings (SSSR count). The summed E-state index contributed by atoms with van der Waals surface area (Å²) >= 11 is 0. The quantitative estimate of drug-likeness (QED) is 0.819. The highest BCUT2D eigenvalue weighted by Gasteiger charge is 2.39. The van der Waals surface area contributed by atoms with Gasteiger partial charge in [0.15, 0.2) is 0 Å². The minimum atomic E-state index is -4.37. The summed E-state index contributed by atoms with van der Waals surface area (Å²) in [4.78, 5) is 0. The van der Waals surface area contributed by atoms with E-state index in [4.69, 9.17) is 5.73 Å². The number of anilines is 2. The smallest absolute Gasteiger partial charge is 0.399 e. The van der Waals surface area contributed by atoms with Gasteiger partial charge in [0, 0.05) is 17.9 Å². The highest BCUT2D eigenvalue weighted by Crippen LogP contribution is 2.48. The van der Waals surface area contributed by atoms with Crippen LogP contribution in [0.15, 0.2) is 18.2 Å². The van der Waals surface area contributed by atoms with Gasteiger partial charge in [-0.1, -0.05) is 6.42 Å². The molecule has 5 heteroatoms. The van der Waals surface area contributed by atoms with Gasteiger partial charge in [0.05, 0.1) is 5.56 Å². The Morgan fingerprint density at radius 3 is 2.60 bits per heavy atom. The van der Waals surface area contributed by atoms with E-state index in [0.717, 1.165) is 18.4 Å². The third-order valence-electron chi connectivity index (χ3n) is 4.79. The van der Waals surface area contributed by atoms with Gasteiger partial charge in [0.2, 0.25) is 0 Å². The molecule has 2 bridgehead atoms. The number of halogens is 3. The molecule has 2 fully saturated rings. The van der Waals surface area contributed by atoms with Crippen LogP contribution in [0.3, 0.4) is 0 Å². The number of hydrogen-bond acceptors (Lipinski definition) is 2. The summed E-state index contributed by atoms with van der Waals surface area (Å²) in [5.74, 6) is 2.03. The average molecular weight is 284 g/mol. The molecule has 0 aromatic heterocycles. The second-order valence-corrected chi connectivity index (χ2v) is 6.12. The Balaban J connectivity index is 1.71. The molecule has 3 atom stereocenters. The molecular formula is C15H19F3N2. The molecular weight excluding hydrogens is 265 g/mol. The fourth-order valence-electron chi connectivity index (χ4n) is 3.82. The maximum Gasteiger partial charge on any atom is 0.418 e. The zero-order chi connectivity index (χ0) is 14.3. The summed E-state index contributed by atoms with van der Waals surface area (Å²) < 4.78 is 38.9. The van der Waals surface area contributed by atoms with Gasteiger partial charge < -0.3 is 11.1 Å². The van der Waals surface area contributed by atoms with Crippen LogP contribution in [-0.2, 0) is 6.18 Å². The van der Waals surface area contributed by atoms with Gasteiger partial charge in [-0.05, 0) is 55.2 Å². The van der Waals surface area contributed by atoms with E-state index >= 15 is 0 Å². The van der Waals surface area contributed by atoms with Gasteiger partial charge in [-0.3, -0.25) is 0 Å².